The number of phosphoric acid groups is 3. The number of nitrogens with zero attached hydrogens (tertiary/aromatic N) is 2. The predicted molar refractivity (Wildman–Crippen MR) is 99.7 cm³/mol. The minimum Gasteiger partial charge on any atom is -0.390 e. The average Bonchev–Trinajstić information content (AvgIpc) is 3.09. The molecule has 1 saturated heterocycles. The first-order valence-electron chi connectivity index (χ1n) is 8.19. The Hall–Kier alpha value is -1.72. The maximum absolute atomic E-state index is 12.2. The van der Waals surface area contributed by atoms with Gasteiger partial charge in [0.2, 0.25) is 5.95 Å². The van der Waals surface area contributed by atoms with Gasteiger partial charge in [-0.25, -0.2) is 23.1 Å². The van der Waals surface area contributed by atoms with Crippen molar-refractivity contribution in [2.24, 2.45) is 0 Å². The molecule has 22 heteroatoms. The van der Waals surface area contributed by atoms with Crippen LogP contribution in [0.15, 0.2) is 9.59 Å². The molecule has 3 rings (SSSR count). The van der Waals surface area contributed by atoms with E-state index in [-0.39, 0.29) is 23.5 Å². The smallest absolute Gasteiger partial charge is 0.390 e. The minimum absolute atomic E-state index is 0.193. The highest BCUT2D eigenvalue weighted by molar-refractivity contribution is 7.66. The van der Waals surface area contributed by atoms with Crippen LogP contribution in [-0.4, -0.2) is 63.0 Å². The van der Waals surface area contributed by atoms with Gasteiger partial charge in [0.15, 0.2) is 11.2 Å². The Balaban J connectivity index is 1.72. The van der Waals surface area contributed by atoms with E-state index in [2.05, 4.69) is 28.1 Å². The van der Waals surface area contributed by atoms with Crippen LogP contribution in [0.25, 0.3) is 11.2 Å². The van der Waals surface area contributed by atoms with Crippen LogP contribution >= 0.6 is 23.5 Å². The third kappa shape index (κ3) is 5.79. The molecule has 0 spiro atoms. The lowest BCUT2D eigenvalue weighted by atomic mass is 10.2. The van der Waals surface area contributed by atoms with Crippen molar-refractivity contribution < 1.29 is 56.3 Å². The molecule has 32 heavy (non-hydrogen) atoms. The topological polar surface area (TPSA) is 299 Å². The summed E-state index contributed by atoms with van der Waals surface area (Å²) < 4.78 is 51.5. The van der Waals surface area contributed by atoms with Crippen LogP contribution in [-0.2, 0) is 31.6 Å². The molecule has 0 saturated carbocycles. The molecule has 1 aliphatic heterocycles. The Bertz CT molecular complexity index is 1280. The summed E-state index contributed by atoms with van der Waals surface area (Å²) in [4.78, 5) is 67.9. The highest BCUT2D eigenvalue weighted by atomic mass is 31.3. The van der Waals surface area contributed by atoms with Gasteiger partial charge in [-0.1, -0.05) is 0 Å². The summed E-state index contributed by atoms with van der Waals surface area (Å²) in [6.45, 7) is -0.936. The Morgan fingerprint density at radius 3 is 2.41 bits per heavy atom. The van der Waals surface area contributed by atoms with Crippen LogP contribution in [0.2, 0.25) is 0 Å². The lowest BCUT2D eigenvalue weighted by Crippen LogP contribution is -2.26. The van der Waals surface area contributed by atoms with Gasteiger partial charge in [-0.2, -0.15) is 13.6 Å². The molecule has 3 heterocycles. The Labute approximate surface area is 175 Å². The molecule has 1 aliphatic rings. The Morgan fingerprint density at radius 2 is 1.78 bits per heavy atom. The molecule has 2 aromatic heterocycles. The average molecular weight is 523 g/mol. The molecule has 0 aliphatic carbocycles. The van der Waals surface area contributed by atoms with E-state index in [4.69, 9.17) is 25.2 Å². The molecule has 0 aromatic carbocycles. The predicted octanol–water partition coefficient (Wildman–Crippen LogP) is -2.01. The second-order valence-corrected chi connectivity index (χ2v) is 10.7. The summed E-state index contributed by atoms with van der Waals surface area (Å²) in [7, 11) is -16.7. The van der Waals surface area contributed by atoms with Crippen LogP contribution in [0.4, 0.5) is 5.95 Å². The Kier molecular flexibility index (Phi) is 6.67. The third-order valence-electron chi connectivity index (χ3n) is 3.91. The summed E-state index contributed by atoms with van der Waals surface area (Å²) in [5.74, 6) is -0.307. The summed E-state index contributed by atoms with van der Waals surface area (Å²) in [5, 5.41) is 10.1. The molecule has 9 N–H and O–H groups in total. The van der Waals surface area contributed by atoms with E-state index < -0.39 is 59.8 Å². The number of H-pyrrole nitrogens is 2. The second kappa shape index (κ2) is 8.57. The second-order valence-electron chi connectivity index (χ2n) is 6.27. The lowest BCUT2D eigenvalue weighted by molar-refractivity contribution is -0.0432. The first kappa shape index (κ1) is 24.9. The fraction of sp³-hybridized carbons (Fsp3) is 0.500. The monoisotopic (exact) mass is 523 g/mol. The number of rotatable bonds is 8. The summed E-state index contributed by atoms with van der Waals surface area (Å²) in [6.07, 6.45) is -4.29. The van der Waals surface area contributed by atoms with Gasteiger partial charge in [0.1, 0.15) is 12.3 Å². The van der Waals surface area contributed by atoms with Crippen molar-refractivity contribution in [1.29, 1.82) is 0 Å². The van der Waals surface area contributed by atoms with Gasteiger partial charge in [0.25, 0.3) is 5.56 Å². The van der Waals surface area contributed by atoms with Gasteiger partial charge in [0, 0.05) is 6.42 Å². The van der Waals surface area contributed by atoms with Gasteiger partial charge in [-0.15, -0.1) is 0 Å². The standard InChI is InChI=1S/C10H16N5O14P3/c11-9-13-7-6(8(17)14-9)12-10(18)15(7)5-1-3(16)4(27-5)2-26-31(22,23)29-32(24,25)28-30(19,20)21/h3-5,16H,1-2H2,(H,12,18)(H,22,23)(H,24,25)(H2,19,20,21)(H3,11,13,14,17). The summed E-state index contributed by atoms with van der Waals surface area (Å²) >= 11 is 0. The van der Waals surface area contributed by atoms with E-state index in [0.717, 1.165) is 4.57 Å². The number of aromatic nitrogens is 4. The molecule has 5 atom stereocenters. The van der Waals surface area contributed by atoms with Crippen molar-refractivity contribution in [3.63, 3.8) is 0 Å². The van der Waals surface area contributed by atoms with Crippen LogP contribution in [0.5, 0.6) is 0 Å². The molecule has 0 amide bonds. The third-order valence-corrected chi connectivity index (χ3v) is 7.71. The molecular weight excluding hydrogens is 507 g/mol. The normalized spacial score (nSPS) is 25.6. The van der Waals surface area contributed by atoms with Gasteiger partial charge in [-0.05, 0) is 0 Å². The zero-order valence-corrected chi connectivity index (χ0v) is 18.1. The van der Waals surface area contributed by atoms with Crippen molar-refractivity contribution in [1.82, 2.24) is 19.5 Å². The Morgan fingerprint density at radius 1 is 1.12 bits per heavy atom. The van der Waals surface area contributed by atoms with E-state index in [1.54, 1.807) is 0 Å². The maximum atomic E-state index is 12.2. The fourth-order valence-electron chi connectivity index (χ4n) is 2.79. The molecule has 180 valence electrons. The van der Waals surface area contributed by atoms with E-state index in [0.29, 0.717) is 0 Å². The number of fused-ring (bicyclic) bond motifs is 1. The molecule has 2 aromatic rings. The number of hydrogen-bond donors (Lipinski definition) is 8. The number of anilines is 1. The van der Waals surface area contributed by atoms with Gasteiger partial charge < -0.3 is 35.2 Å². The van der Waals surface area contributed by atoms with Crippen molar-refractivity contribution in [3.05, 3.63) is 20.8 Å². The number of imidazole rings is 1. The van der Waals surface area contributed by atoms with Crippen LogP contribution in [0.1, 0.15) is 12.6 Å². The highest BCUT2D eigenvalue weighted by Crippen LogP contribution is 2.66. The fourth-order valence-corrected chi connectivity index (χ4v) is 5.82. The van der Waals surface area contributed by atoms with E-state index in [1.165, 1.54) is 0 Å². The molecule has 0 bridgehead atoms. The first-order chi connectivity index (χ1) is 14.6. The largest absolute Gasteiger partial charge is 0.490 e. The SMILES string of the molecule is Nc1nc2c([nH]c(=O)n2C2CC(O)C(COP(=O)(O)OP(=O)(O)OP(=O)(O)O)O2)c(=O)[nH]1. The van der Waals surface area contributed by atoms with E-state index >= 15 is 0 Å². The van der Waals surface area contributed by atoms with Crippen molar-refractivity contribution >= 4 is 40.6 Å². The number of nitrogen functional groups attached to an aromatic ring is 1. The van der Waals surface area contributed by atoms with Crippen molar-refractivity contribution in [2.45, 2.75) is 24.9 Å². The molecule has 19 nitrogen and oxygen atoms in total. The molecule has 5 unspecified atom stereocenters. The number of phosphoric ester groups is 1. The summed E-state index contributed by atoms with van der Waals surface area (Å²) in [6, 6.07) is 0. The maximum Gasteiger partial charge on any atom is 0.490 e. The van der Waals surface area contributed by atoms with Crippen LogP contribution in [0.3, 0.4) is 0 Å². The number of nitrogens with one attached hydrogen (secondary N) is 2. The number of hydrogen-bond acceptors (Lipinski definition) is 12. The molecule has 0 radical (unpaired) electrons. The van der Waals surface area contributed by atoms with Gasteiger partial charge >= 0.3 is 29.2 Å². The number of aliphatic hydroxyl groups excluding tert-OH is 1. The van der Waals surface area contributed by atoms with Crippen molar-refractivity contribution in [2.75, 3.05) is 12.3 Å². The minimum atomic E-state index is -5.71. The van der Waals surface area contributed by atoms with Crippen molar-refractivity contribution in [3.8, 4) is 0 Å². The van der Waals surface area contributed by atoms with Gasteiger partial charge in [0.05, 0.1) is 12.7 Å². The zero-order chi connectivity index (χ0) is 24.1. The highest BCUT2D eigenvalue weighted by Gasteiger charge is 2.43. The van der Waals surface area contributed by atoms with Crippen LogP contribution in [0, 0.1) is 0 Å². The zero-order valence-electron chi connectivity index (χ0n) is 15.4. The lowest BCUT2D eigenvalue weighted by Gasteiger charge is -2.19. The molecular formula is C10H16N5O14P3. The molecule has 1 fully saturated rings. The van der Waals surface area contributed by atoms with Gasteiger partial charge in [-0.3, -0.25) is 19.3 Å². The van der Waals surface area contributed by atoms with E-state index in [9.17, 15) is 33.3 Å². The number of aromatic amines is 2. The first-order valence-corrected chi connectivity index (χ1v) is 12.7. The number of ether oxygens (including phenoxy) is 1. The van der Waals surface area contributed by atoms with Crippen LogP contribution < -0.4 is 17.0 Å². The number of nitrogens with two attached hydrogens (primary N) is 1. The number of aliphatic hydroxyl groups is 1. The quantitative estimate of drug-likeness (QED) is 0.173. The van der Waals surface area contributed by atoms with E-state index in [1.807, 2.05) is 0 Å². The summed E-state index contributed by atoms with van der Waals surface area (Å²) in [5.41, 5.74) is 3.46.